The summed E-state index contributed by atoms with van der Waals surface area (Å²) < 4.78 is 4.61. The van der Waals surface area contributed by atoms with Crippen LogP contribution in [0.3, 0.4) is 0 Å². The number of esters is 1. The Bertz CT molecular complexity index is 315. The van der Waals surface area contributed by atoms with Crippen LogP contribution in [0.15, 0.2) is 4.99 Å². The standard InChI is InChI=1S/C15H32N4O2.HI/c1-7-16-15(17-9-8-14(20)21-6)18-10-11-19(12(2)3)13(4)5;/h12-13H,7-11H2,1-6H3,(H2,16,17,18);1H. The Hall–Kier alpha value is -0.570. The third-order valence-electron chi connectivity index (χ3n) is 3.15. The largest absolute Gasteiger partial charge is 0.469 e. The van der Waals surface area contributed by atoms with E-state index in [9.17, 15) is 4.79 Å². The van der Waals surface area contributed by atoms with Crippen molar-refractivity contribution in [3.05, 3.63) is 0 Å². The molecule has 2 N–H and O–H groups in total. The molecule has 0 rings (SSSR count). The number of hydrogen-bond donors (Lipinski definition) is 2. The van der Waals surface area contributed by atoms with E-state index in [-0.39, 0.29) is 29.9 Å². The van der Waals surface area contributed by atoms with Crippen molar-refractivity contribution in [2.24, 2.45) is 4.99 Å². The first-order valence-electron chi connectivity index (χ1n) is 7.77. The molecule has 0 aliphatic carbocycles. The van der Waals surface area contributed by atoms with E-state index in [0.29, 0.717) is 25.0 Å². The van der Waals surface area contributed by atoms with E-state index < -0.39 is 0 Å². The lowest BCUT2D eigenvalue weighted by Gasteiger charge is -2.29. The number of ether oxygens (including phenoxy) is 1. The summed E-state index contributed by atoms with van der Waals surface area (Å²) in [6.07, 6.45) is 0.338. The van der Waals surface area contributed by atoms with Gasteiger partial charge in [0.05, 0.1) is 20.1 Å². The van der Waals surface area contributed by atoms with E-state index in [2.05, 4.69) is 53.0 Å². The first kappa shape index (κ1) is 23.7. The van der Waals surface area contributed by atoms with Crippen LogP contribution >= 0.6 is 24.0 Å². The molecule has 0 fully saturated rings. The SMILES string of the molecule is CCNC(=NCCN(C(C)C)C(C)C)NCCC(=O)OC.I. The maximum atomic E-state index is 11.1. The monoisotopic (exact) mass is 428 g/mol. The van der Waals surface area contributed by atoms with Gasteiger partial charge in [-0.25, -0.2) is 0 Å². The smallest absolute Gasteiger partial charge is 0.307 e. The van der Waals surface area contributed by atoms with Gasteiger partial charge in [-0.3, -0.25) is 14.7 Å². The fourth-order valence-corrected chi connectivity index (χ4v) is 2.12. The Kier molecular flexibility index (Phi) is 15.1. The third-order valence-corrected chi connectivity index (χ3v) is 3.15. The van der Waals surface area contributed by atoms with Gasteiger partial charge in [-0.1, -0.05) is 0 Å². The molecule has 0 aromatic rings. The number of aliphatic imine (C=N–C) groups is 1. The summed E-state index contributed by atoms with van der Waals surface area (Å²) in [5.41, 5.74) is 0. The van der Waals surface area contributed by atoms with E-state index in [1.165, 1.54) is 7.11 Å². The molecule has 22 heavy (non-hydrogen) atoms. The Morgan fingerprint density at radius 3 is 2.23 bits per heavy atom. The van der Waals surface area contributed by atoms with Crippen molar-refractivity contribution in [2.75, 3.05) is 33.3 Å². The van der Waals surface area contributed by atoms with Crippen LogP contribution in [0.25, 0.3) is 0 Å². The average Bonchev–Trinajstić information content (AvgIpc) is 2.42. The van der Waals surface area contributed by atoms with Gasteiger partial charge in [-0.15, -0.1) is 24.0 Å². The molecule has 0 saturated carbocycles. The highest BCUT2D eigenvalue weighted by atomic mass is 127. The molecule has 7 heteroatoms. The molecule has 0 aliphatic heterocycles. The predicted octanol–water partition coefficient (Wildman–Crippen LogP) is 1.84. The number of carbonyl (C=O) groups excluding carboxylic acids is 1. The van der Waals surface area contributed by atoms with Crippen molar-refractivity contribution in [3.63, 3.8) is 0 Å². The van der Waals surface area contributed by atoms with Gasteiger partial charge in [-0.2, -0.15) is 0 Å². The van der Waals surface area contributed by atoms with Crippen molar-refractivity contribution in [2.45, 2.75) is 53.1 Å². The molecule has 0 unspecified atom stereocenters. The lowest BCUT2D eigenvalue weighted by Crippen LogP contribution is -2.41. The molecular weight excluding hydrogens is 395 g/mol. The molecule has 0 heterocycles. The van der Waals surface area contributed by atoms with Gasteiger partial charge >= 0.3 is 5.97 Å². The summed E-state index contributed by atoms with van der Waals surface area (Å²) in [4.78, 5) is 18.0. The predicted molar refractivity (Wildman–Crippen MR) is 103 cm³/mol. The number of halogens is 1. The number of hydrogen-bond acceptors (Lipinski definition) is 4. The molecule has 0 saturated heterocycles. The van der Waals surface area contributed by atoms with E-state index in [1.807, 2.05) is 6.92 Å². The zero-order valence-electron chi connectivity index (χ0n) is 14.8. The maximum absolute atomic E-state index is 11.1. The Labute approximate surface area is 152 Å². The Balaban J connectivity index is 0. The Morgan fingerprint density at radius 1 is 1.18 bits per heavy atom. The minimum absolute atomic E-state index is 0. The van der Waals surface area contributed by atoms with Crippen molar-refractivity contribution >= 4 is 35.9 Å². The summed E-state index contributed by atoms with van der Waals surface area (Å²) in [6, 6.07) is 1.02. The highest BCUT2D eigenvalue weighted by Crippen LogP contribution is 2.03. The van der Waals surface area contributed by atoms with Gasteiger partial charge in [0, 0.05) is 31.7 Å². The minimum atomic E-state index is -0.218. The number of nitrogens with zero attached hydrogens (tertiary/aromatic N) is 2. The van der Waals surface area contributed by atoms with Gasteiger partial charge in [0.15, 0.2) is 5.96 Å². The second-order valence-corrected chi connectivity index (χ2v) is 5.44. The van der Waals surface area contributed by atoms with Gasteiger partial charge in [-0.05, 0) is 34.6 Å². The van der Waals surface area contributed by atoms with Gasteiger partial charge < -0.3 is 15.4 Å². The molecule has 0 radical (unpaired) electrons. The summed E-state index contributed by atoms with van der Waals surface area (Å²) in [6.45, 7) is 13.8. The molecule has 0 aromatic carbocycles. The van der Waals surface area contributed by atoms with Crippen molar-refractivity contribution in [1.29, 1.82) is 0 Å². The summed E-state index contributed by atoms with van der Waals surface area (Å²) in [5, 5.41) is 6.31. The van der Waals surface area contributed by atoms with Crippen LogP contribution in [0.1, 0.15) is 41.0 Å². The van der Waals surface area contributed by atoms with E-state index in [1.54, 1.807) is 0 Å². The fraction of sp³-hybridized carbons (Fsp3) is 0.867. The molecule has 6 nitrogen and oxygen atoms in total. The number of carbonyl (C=O) groups is 1. The van der Waals surface area contributed by atoms with Crippen molar-refractivity contribution in [3.8, 4) is 0 Å². The Morgan fingerprint density at radius 2 is 1.77 bits per heavy atom. The fourth-order valence-electron chi connectivity index (χ4n) is 2.12. The van der Waals surface area contributed by atoms with E-state index >= 15 is 0 Å². The number of nitrogens with one attached hydrogen (secondary N) is 2. The molecule has 0 aromatic heterocycles. The van der Waals surface area contributed by atoms with E-state index in [0.717, 1.165) is 25.6 Å². The van der Waals surface area contributed by atoms with Crippen LogP contribution in [0.5, 0.6) is 0 Å². The number of methoxy groups -OCH3 is 1. The molecule has 0 amide bonds. The second-order valence-electron chi connectivity index (χ2n) is 5.44. The highest BCUT2D eigenvalue weighted by Gasteiger charge is 2.12. The van der Waals surface area contributed by atoms with Crippen molar-refractivity contribution < 1.29 is 9.53 Å². The van der Waals surface area contributed by atoms with Crippen LogP contribution < -0.4 is 10.6 Å². The first-order chi connectivity index (χ1) is 9.92. The third kappa shape index (κ3) is 11.1. The lowest BCUT2D eigenvalue weighted by molar-refractivity contribution is -0.140. The van der Waals surface area contributed by atoms with Crippen molar-refractivity contribution in [1.82, 2.24) is 15.5 Å². The summed E-state index contributed by atoms with van der Waals surface area (Å²) in [5.74, 6) is 0.526. The topological polar surface area (TPSA) is 66.0 Å². The number of rotatable bonds is 9. The molecule has 132 valence electrons. The molecule has 0 bridgehead atoms. The quantitative estimate of drug-likeness (QED) is 0.254. The minimum Gasteiger partial charge on any atom is -0.469 e. The number of guanidine groups is 1. The van der Waals surface area contributed by atoms with Crippen LogP contribution in [-0.4, -0.2) is 62.2 Å². The summed E-state index contributed by atoms with van der Waals surface area (Å²) in [7, 11) is 1.40. The van der Waals surface area contributed by atoms with Crippen LogP contribution in [0.4, 0.5) is 0 Å². The second kappa shape index (κ2) is 14.0. The van der Waals surface area contributed by atoms with E-state index in [4.69, 9.17) is 0 Å². The molecule has 0 spiro atoms. The molecular formula is C15H33IN4O2. The van der Waals surface area contributed by atoms with Crippen LogP contribution in [0, 0.1) is 0 Å². The lowest BCUT2D eigenvalue weighted by atomic mass is 10.2. The van der Waals surface area contributed by atoms with Gasteiger partial charge in [0.1, 0.15) is 0 Å². The zero-order chi connectivity index (χ0) is 16.3. The average molecular weight is 428 g/mol. The zero-order valence-corrected chi connectivity index (χ0v) is 17.1. The van der Waals surface area contributed by atoms with Gasteiger partial charge in [0.25, 0.3) is 0 Å². The summed E-state index contributed by atoms with van der Waals surface area (Å²) >= 11 is 0. The molecule has 0 atom stereocenters. The first-order valence-corrected chi connectivity index (χ1v) is 7.77. The van der Waals surface area contributed by atoms with Gasteiger partial charge in [0.2, 0.25) is 0 Å². The molecule has 0 aliphatic rings. The van der Waals surface area contributed by atoms with Crippen LogP contribution in [0.2, 0.25) is 0 Å². The highest BCUT2D eigenvalue weighted by molar-refractivity contribution is 14.0. The maximum Gasteiger partial charge on any atom is 0.307 e. The van der Waals surface area contributed by atoms with Crippen LogP contribution in [-0.2, 0) is 9.53 Å². The normalized spacial score (nSPS) is 11.6.